The number of fused-ring (bicyclic) bond motifs is 3. The number of hydrogen-bond donors (Lipinski definition) is 3. The van der Waals surface area contributed by atoms with Crippen molar-refractivity contribution in [3.05, 3.63) is 252 Å². The molecule has 6 aliphatic heterocycles. The molecule has 107 heavy (non-hydrogen) atoms. The number of carbonyl (C=O) groups is 2. The summed E-state index contributed by atoms with van der Waals surface area (Å²) in [7, 11) is 0. The van der Waals surface area contributed by atoms with Gasteiger partial charge in [-0.15, -0.1) is 0 Å². The summed E-state index contributed by atoms with van der Waals surface area (Å²) >= 11 is 3.33. The highest BCUT2D eigenvalue weighted by molar-refractivity contribution is 9.10. The summed E-state index contributed by atoms with van der Waals surface area (Å²) in [5, 5.41) is 21.3. The summed E-state index contributed by atoms with van der Waals surface area (Å²) in [6.07, 6.45) is 18.7. The van der Waals surface area contributed by atoms with E-state index in [-0.39, 0.29) is 24.1 Å². The van der Waals surface area contributed by atoms with Crippen molar-refractivity contribution in [3.63, 3.8) is 0 Å². The number of nitrogens with one attached hydrogen (secondary N) is 1. The first-order valence-electron chi connectivity index (χ1n) is 37.2. The lowest BCUT2D eigenvalue weighted by Crippen LogP contribution is -2.41. The number of hydrogen-bond acceptors (Lipinski definition) is 14. The number of likely N-dealkylation sites (tertiary alicyclic amines) is 1. The van der Waals surface area contributed by atoms with Crippen molar-refractivity contribution in [1.82, 2.24) is 10.2 Å². The van der Waals surface area contributed by atoms with Crippen LogP contribution in [-0.4, -0.2) is 123 Å². The molecular formula is C92H101BrN2O12. The lowest BCUT2D eigenvalue weighted by atomic mass is 9.90. The minimum absolute atomic E-state index is 0.248. The first-order valence-corrected chi connectivity index (χ1v) is 38.0. The highest BCUT2D eigenvalue weighted by atomic mass is 79.9. The van der Waals surface area contributed by atoms with Gasteiger partial charge in [0.2, 0.25) is 0 Å². The van der Waals surface area contributed by atoms with Gasteiger partial charge in [0.15, 0.2) is 40.8 Å². The maximum atomic E-state index is 11.1. The number of rotatable bonds is 15. The molecule has 14 nitrogen and oxygen atoms in total. The number of aliphatic hydroxyl groups excluding tert-OH is 2. The van der Waals surface area contributed by atoms with Crippen LogP contribution in [0, 0.1) is 41.5 Å². The van der Waals surface area contributed by atoms with E-state index in [2.05, 4.69) is 215 Å². The van der Waals surface area contributed by atoms with E-state index >= 15 is 0 Å². The van der Waals surface area contributed by atoms with E-state index in [4.69, 9.17) is 43.0 Å². The molecule has 0 unspecified atom stereocenters. The fourth-order valence-electron chi connectivity index (χ4n) is 13.6. The molecule has 0 spiro atoms. The van der Waals surface area contributed by atoms with Gasteiger partial charge in [-0.05, 0) is 263 Å². The van der Waals surface area contributed by atoms with Crippen LogP contribution in [0.2, 0.25) is 0 Å². The zero-order valence-corrected chi connectivity index (χ0v) is 64.9. The van der Waals surface area contributed by atoms with Crippen molar-refractivity contribution in [3.8, 4) is 67.9 Å². The highest BCUT2D eigenvalue weighted by Crippen LogP contribution is 2.42. The topological polar surface area (TPSA) is 164 Å². The molecule has 0 saturated carbocycles. The number of ether oxygens (including phenoxy) is 8. The lowest BCUT2D eigenvalue weighted by molar-refractivity contribution is -0.0500. The average molecular weight is 1510 g/mol. The van der Waals surface area contributed by atoms with Crippen molar-refractivity contribution in [2.24, 2.45) is 0 Å². The van der Waals surface area contributed by atoms with E-state index in [0.717, 1.165) is 134 Å². The van der Waals surface area contributed by atoms with Gasteiger partial charge in [-0.25, -0.2) is 0 Å². The third-order valence-corrected chi connectivity index (χ3v) is 21.7. The molecule has 3 saturated heterocycles. The standard InChI is InChI=1S/C30H33NO3.C25H22O3.C24H28O4.C8H7BrO.C5H11NO/c1-21-8-9-23(19-31-14-4-6-27(31)20-32)17-25(21)11-10-24-5-3-7-28(22(24)2)26-12-13-29-30(18-26)34-16-15-33-29;1-17-6-7-19(16-26)14-21(17)9-8-20-4-3-5-23(18(20)2)22-10-11-24-25(15-22)28-13-12-27-24;1-16-17(10-12-22-27-23(2,3)24(4,5)28-22)7-6-8-19(16)18-9-11-20-21(15-18)26-14-13-25-20;1-6-2-3-7(5-10)4-8(6)9;7-4-5-2-1-3-6-5/h3,5,7-13,17-18,27,32H,4,6,14-16,19-20H2,1-2H3;3-11,14-16H,12-13H2,1-2H3;6-12,15,22H,13-14H2,1-5H3;2-5H,1H3;5-7H,1-4H2/b11-10+;9-8+;12-10+;;/t27-;;;;5-/m0...0/s1. The van der Waals surface area contributed by atoms with Crippen LogP contribution in [0.15, 0.2) is 174 Å². The van der Waals surface area contributed by atoms with E-state index in [1.54, 1.807) is 6.07 Å². The van der Waals surface area contributed by atoms with E-state index in [1.165, 1.54) is 62.9 Å². The number of carbonyl (C=O) groups excluding carboxylic acids is 2. The molecular weight excluding hydrogens is 1400 g/mol. The molecule has 0 aromatic heterocycles. The van der Waals surface area contributed by atoms with Crippen LogP contribution in [0.5, 0.6) is 34.5 Å². The first-order chi connectivity index (χ1) is 51.7. The smallest absolute Gasteiger partial charge is 0.178 e. The van der Waals surface area contributed by atoms with E-state index in [0.29, 0.717) is 69.5 Å². The summed E-state index contributed by atoms with van der Waals surface area (Å²) in [5.41, 5.74) is 21.9. The predicted octanol–water partition coefficient (Wildman–Crippen LogP) is 19.3. The molecule has 2 atom stereocenters. The number of halogens is 1. The normalized spacial score (nSPS) is 17.4. The van der Waals surface area contributed by atoms with Gasteiger partial charge in [0.25, 0.3) is 0 Å². The Morgan fingerprint density at radius 1 is 0.458 bits per heavy atom. The van der Waals surface area contributed by atoms with Crippen molar-refractivity contribution in [2.45, 2.75) is 131 Å². The number of aliphatic hydroxyl groups is 2. The lowest BCUT2D eigenvalue weighted by Gasteiger charge is -2.30. The van der Waals surface area contributed by atoms with Crippen molar-refractivity contribution >= 4 is 58.9 Å². The Labute approximate surface area is 640 Å². The second kappa shape index (κ2) is 36.9. The molecule has 0 bridgehead atoms. The number of benzene rings is 9. The van der Waals surface area contributed by atoms with Gasteiger partial charge in [-0.2, -0.15) is 0 Å². The number of aryl methyl sites for hydroxylation is 3. The van der Waals surface area contributed by atoms with Crippen LogP contribution in [0.4, 0.5) is 0 Å². The van der Waals surface area contributed by atoms with Crippen molar-refractivity contribution in [1.29, 1.82) is 0 Å². The summed E-state index contributed by atoms with van der Waals surface area (Å²) in [5.74, 6) is 4.85. The van der Waals surface area contributed by atoms with Gasteiger partial charge < -0.3 is 53.4 Å². The molecule has 9 aromatic rings. The van der Waals surface area contributed by atoms with E-state index < -0.39 is 0 Å². The quantitative estimate of drug-likeness (QED) is 0.0656. The second-order valence-corrected chi connectivity index (χ2v) is 29.6. The SMILES string of the molecule is Cc1c(/C=C/C2OC(C)(C)C(C)(C)O2)cccc1-c1ccc2c(c1)OCCO2.Cc1ccc(C=O)cc1/C=C/c1cccc(-c2ccc3c(c2)OCCO3)c1C.Cc1ccc(C=O)cc1Br.Cc1ccc(CN2CCC[C@H]2CO)cc1/C=C/c1cccc(-c2ccc3c(c2)OCCO3)c1C.OC[C@@H]1CCCN1. The van der Waals surface area contributed by atoms with Crippen LogP contribution in [0.3, 0.4) is 0 Å². The molecule has 0 amide bonds. The largest absolute Gasteiger partial charge is 0.486 e. The zero-order valence-electron chi connectivity index (χ0n) is 63.3. The third kappa shape index (κ3) is 20.2. The van der Waals surface area contributed by atoms with Gasteiger partial charge >= 0.3 is 0 Å². The monoisotopic (exact) mass is 1500 g/mol. The summed E-state index contributed by atoms with van der Waals surface area (Å²) in [4.78, 5) is 23.7. The molecule has 3 fully saturated rings. The molecule has 6 aliphatic rings. The summed E-state index contributed by atoms with van der Waals surface area (Å²) < 4.78 is 47.3. The summed E-state index contributed by atoms with van der Waals surface area (Å²) in [6, 6.07) is 56.1. The second-order valence-electron chi connectivity index (χ2n) is 28.8. The molecule has 9 aromatic carbocycles. The Bertz CT molecular complexity index is 4650. The molecule has 0 aliphatic carbocycles. The zero-order chi connectivity index (χ0) is 75.6. The van der Waals surface area contributed by atoms with E-state index in [1.807, 2.05) is 74.5 Å². The van der Waals surface area contributed by atoms with Crippen molar-refractivity contribution in [2.75, 3.05) is 65.9 Å². The minimum Gasteiger partial charge on any atom is -0.486 e. The Hall–Kier alpha value is -9.42. The summed E-state index contributed by atoms with van der Waals surface area (Å²) in [6.45, 7) is 28.1. The molecule has 6 heterocycles. The molecule has 0 radical (unpaired) electrons. The van der Waals surface area contributed by atoms with Crippen LogP contribution < -0.4 is 33.7 Å². The van der Waals surface area contributed by atoms with Gasteiger partial charge in [0.1, 0.15) is 52.2 Å². The van der Waals surface area contributed by atoms with Crippen LogP contribution in [0.25, 0.3) is 63.8 Å². The Morgan fingerprint density at radius 2 is 0.888 bits per heavy atom. The first kappa shape index (κ1) is 78.6. The maximum Gasteiger partial charge on any atom is 0.178 e. The van der Waals surface area contributed by atoms with Gasteiger partial charge in [-0.3, -0.25) is 14.5 Å². The van der Waals surface area contributed by atoms with Gasteiger partial charge in [0.05, 0.1) is 24.4 Å². The van der Waals surface area contributed by atoms with Gasteiger partial charge in [0, 0.05) is 34.2 Å². The number of nitrogens with zero attached hydrogens (tertiary/aromatic N) is 1. The Balaban J connectivity index is 0.000000144. The number of aldehydes is 2. The average Bonchev–Trinajstić information content (AvgIpc) is 1.54. The van der Waals surface area contributed by atoms with Gasteiger partial charge in [-0.1, -0.05) is 162 Å². The van der Waals surface area contributed by atoms with E-state index in [9.17, 15) is 14.7 Å². The Kier molecular flexibility index (Phi) is 27.1. The third-order valence-electron chi connectivity index (χ3n) is 20.9. The maximum absolute atomic E-state index is 11.1. The molecule has 558 valence electrons. The Morgan fingerprint density at radius 3 is 1.32 bits per heavy atom. The van der Waals surface area contributed by atoms with Crippen LogP contribution in [-0.2, 0) is 16.0 Å². The molecule has 15 rings (SSSR count). The fourth-order valence-corrected chi connectivity index (χ4v) is 14.0. The van der Waals surface area contributed by atoms with Crippen LogP contribution >= 0.6 is 15.9 Å². The van der Waals surface area contributed by atoms with Crippen molar-refractivity contribution < 1.29 is 57.7 Å². The highest BCUT2D eigenvalue weighted by Gasteiger charge is 2.48. The molecule has 3 N–H and O–H groups in total. The molecule has 15 heteroatoms. The predicted molar refractivity (Wildman–Crippen MR) is 434 cm³/mol. The fraction of sp³-hybridized carbons (Fsp3) is 0.326. The minimum atomic E-state index is -0.345. The van der Waals surface area contributed by atoms with Crippen LogP contribution in [0.1, 0.15) is 141 Å².